The van der Waals surface area contributed by atoms with Gasteiger partial charge in [0, 0.05) is 12.8 Å². The summed E-state index contributed by atoms with van der Waals surface area (Å²) in [6.45, 7) is 4.43. The molecule has 0 aromatic carbocycles. The zero-order valence-electron chi connectivity index (χ0n) is 53.0. The highest BCUT2D eigenvalue weighted by atomic mass is 16.7. The normalized spacial score (nSPS) is 13.9. The molecule has 0 aromatic rings. The van der Waals surface area contributed by atoms with E-state index in [1.807, 2.05) is 21.1 Å². The Labute approximate surface area is 507 Å². The SMILES string of the molecule is CC/C=C\C/C=C\C/C=C\C/C=C\C/C=C\C/C=C\C/C=C\C/C=C\C/C=C\CCCCCCCCCCCCCCCC(=O)OC(COC(=O)CCC/C=C\C/C=C\C/C=C\C/C=C\C/C=C\CC)COC(OCC[N+](C)(C)C)C(=O)[O-]. The number of carbonyl (C=O) groups excluding carboxylic acids is 3. The summed E-state index contributed by atoms with van der Waals surface area (Å²) in [7, 11) is 5.89. The fourth-order valence-corrected chi connectivity index (χ4v) is 8.09. The first kappa shape index (κ1) is 77.7. The molecular formula is C74H117NO8. The maximum absolute atomic E-state index is 12.9. The standard InChI is InChI=1S/C74H117NO8/c1-6-8-10-12-14-16-18-20-22-24-25-26-27-28-29-30-31-32-33-34-35-36-37-38-39-40-41-42-43-44-45-46-47-49-51-53-55-57-59-61-63-65-72(77)83-70(69-82-74(73(78)79)80-67-66-75(3,4)5)68-81-71(76)64-62-60-58-56-54-52-50-48-23-21-19-17-15-13-11-9-7-2/h8-11,14-17,20-23,25-26,28-29,31-32,34-35,37-38,40-41,50,52,56,58,70,74H,6-7,12-13,18-19,24,27,30,33,36,39,42-49,51,53-55,57,59-69H2,1-5H3/b10-8-,11-9-,16-14-,17-15-,22-20-,23-21-,26-25-,29-28-,32-31-,35-34-,38-37-,41-40-,52-50-,58-56-. The molecule has 0 saturated carbocycles. The van der Waals surface area contributed by atoms with Gasteiger partial charge in [0.1, 0.15) is 13.2 Å². The molecule has 0 rings (SSSR count). The van der Waals surface area contributed by atoms with Crippen LogP contribution in [0.3, 0.4) is 0 Å². The largest absolute Gasteiger partial charge is 0.545 e. The van der Waals surface area contributed by atoms with Crippen LogP contribution in [-0.4, -0.2) is 82.3 Å². The van der Waals surface area contributed by atoms with E-state index in [4.69, 9.17) is 18.9 Å². The highest BCUT2D eigenvalue weighted by Gasteiger charge is 2.22. The molecule has 0 bridgehead atoms. The minimum atomic E-state index is -1.64. The van der Waals surface area contributed by atoms with Crippen LogP contribution in [0.1, 0.15) is 219 Å². The lowest BCUT2D eigenvalue weighted by Crippen LogP contribution is -2.44. The topological polar surface area (TPSA) is 111 Å². The van der Waals surface area contributed by atoms with E-state index in [-0.39, 0.29) is 32.7 Å². The third kappa shape index (κ3) is 64.1. The van der Waals surface area contributed by atoms with Crippen LogP contribution in [0.5, 0.6) is 0 Å². The summed E-state index contributed by atoms with van der Waals surface area (Å²) >= 11 is 0. The van der Waals surface area contributed by atoms with E-state index < -0.39 is 30.3 Å². The van der Waals surface area contributed by atoms with Gasteiger partial charge in [0.2, 0.25) is 0 Å². The minimum Gasteiger partial charge on any atom is -0.545 e. The summed E-state index contributed by atoms with van der Waals surface area (Å²) in [5.41, 5.74) is 0. The highest BCUT2D eigenvalue weighted by molar-refractivity contribution is 5.70. The monoisotopic (exact) mass is 1150 g/mol. The number of hydrogen-bond donors (Lipinski definition) is 0. The molecule has 0 saturated heterocycles. The first-order chi connectivity index (χ1) is 40.6. The Morgan fingerprint density at radius 2 is 0.663 bits per heavy atom. The number of ether oxygens (including phenoxy) is 4. The van der Waals surface area contributed by atoms with E-state index in [1.165, 1.54) is 64.2 Å². The summed E-state index contributed by atoms with van der Waals surface area (Å²) in [6.07, 6.45) is 91.5. The van der Waals surface area contributed by atoms with E-state index >= 15 is 0 Å². The second-order valence-corrected chi connectivity index (χ2v) is 21.9. The van der Waals surface area contributed by atoms with Crippen molar-refractivity contribution in [3.05, 3.63) is 170 Å². The smallest absolute Gasteiger partial charge is 0.306 e. The van der Waals surface area contributed by atoms with Crippen LogP contribution in [-0.2, 0) is 33.3 Å². The number of nitrogens with zero attached hydrogens (tertiary/aromatic N) is 1. The number of carboxylic acid groups (broad SMARTS) is 1. The number of hydrogen-bond acceptors (Lipinski definition) is 8. The van der Waals surface area contributed by atoms with Crippen LogP contribution < -0.4 is 5.11 Å². The molecule has 0 amide bonds. The number of unbranched alkanes of at least 4 members (excludes halogenated alkanes) is 14. The average Bonchev–Trinajstić information content (AvgIpc) is 3.46. The summed E-state index contributed by atoms with van der Waals surface area (Å²) in [6, 6.07) is 0. The van der Waals surface area contributed by atoms with Gasteiger partial charge < -0.3 is 33.3 Å². The molecule has 0 N–H and O–H groups in total. The molecule has 0 spiro atoms. The Morgan fingerprint density at radius 3 is 1.00 bits per heavy atom. The molecular weight excluding hydrogens is 1030 g/mol. The molecule has 2 atom stereocenters. The first-order valence-corrected chi connectivity index (χ1v) is 32.3. The fourth-order valence-electron chi connectivity index (χ4n) is 8.09. The molecule has 0 aliphatic carbocycles. The number of quaternary nitrogens is 1. The number of esters is 2. The lowest BCUT2D eigenvalue weighted by molar-refractivity contribution is -0.870. The zero-order valence-corrected chi connectivity index (χ0v) is 53.0. The number of carboxylic acids is 1. The summed E-state index contributed by atoms with van der Waals surface area (Å²) in [5.74, 6) is -2.38. The van der Waals surface area contributed by atoms with Gasteiger partial charge in [0.05, 0.1) is 40.3 Å². The highest BCUT2D eigenvalue weighted by Crippen LogP contribution is 2.15. The van der Waals surface area contributed by atoms with Crippen LogP contribution in [0.25, 0.3) is 0 Å². The maximum atomic E-state index is 12.9. The van der Waals surface area contributed by atoms with Crippen molar-refractivity contribution in [2.45, 2.75) is 232 Å². The van der Waals surface area contributed by atoms with Gasteiger partial charge in [-0.1, -0.05) is 255 Å². The molecule has 0 aromatic heterocycles. The van der Waals surface area contributed by atoms with Crippen LogP contribution in [0, 0.1) is 0 Å². The van der Waals surface area contributed by atoms with Gasteiger partial charge in [-0.05, 0) is 122 Å². The van der Waals surface area contributed by atoms with Crippen LogP contribution in [0.4, 0.5) is 0 Å². The third-order valence-electron chi connectivity index (χ3n) is 13.0. The van der Waals surface area contributed by atoms with Gasteiger partial charge in [0.25, 0.3) is 0 Å². The third-order valence-corrected chi connectivity index (χ3v) is 13.0. The number of rotatable bonds is 57. The number of aliphatic carboxylic acids is 1. The predicted octanol–water partition coefficient (Wildman–Crippen LogP) is 18.6. The van der Waals surface area contributed by atoms with E-state index in [0.29, 0.717) is 23.9 Å². The molecule has 0 heterocycles. The van der Waals surface area contributed by atoms with Gasteiger partial charge in [-0.2, -0.15) is 0 Å². The molecule has 2 unspecified atom stereocenters. The Morgan fingerprint density at radius 1 is 0.361 bits per heavy atom. The second-order valence-electron chi connectivity index (χ2n) is 21.9. The van der Waals surface area contributed by atoms with E-state index in [2.05, 4.69) is 184 Å². The van der Waals surface area contributed by atoms with E-state index in [9.17, 15) is 19.5 Å². The predicted molar refractivity (Wildman–Crippen MR) is 351 cm³/mol. The molecule has 83 heavy (non-hydrogen) atoms. The Balaban J connectivity index is 4.16. The molecule has 0 radical (unpaired) electrons. The molecule has 0 aliphatic heterocycles. The maximum Gasteiger partial charge on any atom is 0.306 e. The van der Waals surface area contributed by atoms with E-state index in [0.717, 1.165) is 116 Å². The Hall–Kier alpha value is -5.35. The molecule has 9 nitrogen and oxygen atoms in total. The summed E-state index contributed by atoms with van der Waals surface area (Å²) in [5, 5.41) is 11.8. The van der Waals surface area contributed by atoms with Gasteiger partial charge in [-0.15, -0.1) is 0 Å². The van der Waals surface area contributed by atoms with Crippen molar-refractivity contribution < 1.29 is 42.9 Å². The minimum absolute atomic E-state index is 0.130. The van der Waals surface area contributed by atoms with Crippen molar-refractivity contribution in [3.8, 4) is 0 Å². The van der Waals surface area contributed by atoms with Crippen LogP contribution >= 0.6 is 0 Å². The summed E-state index contributed by atoms with van der Waals surface area (Å²) < 4.78 is 22.6. The van der Waals surface area contributed by atoms with E-state index in [1.54, 1.807) is 0 Å². The van der Waals surface area contributed by atoms with Gasteiger partial charge in [0.15, 0.2) is 12.4 Å². The van der Waals surface area contributed by atoms with Crippen molar-refractivity contribution in [1.82, 2.24) is 0 Å². The second kappa shape index (κ2) is 62.7. The van der Waals surface area contributed by atoms with Crippen LogP contribution in [0.2, 0.25) is 0 Å². The first-order valence-electron chi connectivity index (χ1n) is 32.3. The van der Waals surface area contributed by atoms with Crippen molar-refractivity contribution in [2.75, 3.05) is 47.5 Å². The quantitative estimate of drug-likeness (QED) is 0.0195. The van der Waals surface area contributed by atoms with Crippen molar-refractivity contribution in [2.24, 2.45) is 0 Å². The molecule has 9 heteroatoms. The number of likely N-dealkylation sites (N-methyl/N-ethyl adjacent to an activating group) is 1. The molecule has 0 aliphatic rings. The Bertz CT molecular complexity index is 1960. The van der Waals surface area contributed by atoms with Crippen LogP contribution in [0.15, 0.2) is 170 Å². The average molecular weight is 1150 g/mol. The zero-order chi connectivity index (χ0) is 60.5. The lowest BCUT2D eigenvalue weighted by Gasteiger charge is -2.26. The number of carbonyl (C=O) groups is 3. The van der Waals surface area contributed by atoms with Gasteiger partial charge in [-0.3, -0.25) is 9.59 Å². The molecule has 466 valence electrons. The molecule has 0 fully saturated rings. The Kier molecular flexibility index (Phi) is 58.6. The summed E-state index contributed by atoms with van der Waals surface area (Å²) in [4.78, 5) is 37.3. The van der Waals surface area contributed by atoms with Crippen molar-refractivity contribution >= 4 is 17.9 Å². The lowest BCUT2D eigenvalue weighted by atomic mass is 10.0. The van der Waals surface area contributed by atoms with Gasteiger partial charge in [-0.25, -0.2) is 0 Å². The number of allylic oxidation sites excluding steroid dienone is 28. The fraction of sp³-hybridized carbons (Fsp3) is 0.581. The van der Waals surface area contributed by atoms with Gasteiger partial charge >= 0.3 is 11.9 Å². The van der Waals surface area contributed by atoms with Crippen molar-refractivity contribution in [3.63, 3.8) is 0 Å². The van der Waals surface area contributed by atoms with Crippen molar-refractivity contribution in [1.29, 1.82) is 0 Å².